The summed E-state index contributed by atoms with van der Waals surface area (Å²) in [6.45, 7) is 3.00. The van der Waals surface area contributed by atoms with Crippen molar-refractivity contribution in [3.8, 4) is 11.8 Å². The van der Waals surface area contributed by atoms with E-state index < -0.39 is 0 Å². The summed E-state index contributed by atoms with van der Waals surface area (Å²) >= 11 is 1.59. The second-order valence-corrected chi connectivity index (χ2v) is 5.46. The van der Waals surface area contributed by atoms with Crippen LogP contribution < -0.4 is 4.90 Å². The Balaban J connectivity index is 1.57. The van der Waals surface area contributed by atoms with E-state index in [1.165, 1.54) is 0 Å². The number of aromatic nitrogens is 1. The molecule has 0 atom stereocenters. The van der Waals surface area contributed by atoms with E-state index in [-0.39, 0.29) is 5.91 Å². The Morgan fingerprint density at radius 3 is 2.57 bits per heavy atom. The molecule has 1 aromatic heterocycles. The predicted octanol–water partition coefficient (Wildman–Crippen LogP) is 1.84. The average Bonchev–Trinajstić information content (AvgIpc) is 3.08. The van der Waals surface area contributed by atoms with Gasteiger partial charge in [-0.15, -0.1) is 11.3 Å². The lowest BCUT2D eigenvalue weighted by Gasteiger charge is -2.33. The third-order valence-corrected chi connectivity index (χ3v) is 3.97. The molecule has 21 heavy (non-hydrogen) atoms. The highest BCUT2D eigenvalue weighted by atomic mass is 32.1. The van der Waals surface area contributed by atoms with Crippen LogP contribution in [-0.2, 0) is 4.79 Å². The quantitative estimate of drug-likeness (QED) is 0.754. The predicted molar refractivity (Wildman–Crippen MR) is 84.2 cm³/mol. The van der Waals surface area contributed by atoms with Crippen LogP contribution in [0.4, 0.5) is 5.82 Å². The van der Waals surface area contributed by atoms with E-state index in [0.29, 0.717) is 13.1 Å². The SMILES string of the molecule is O=C(C#Cc1ccccc1)N1CCN(c2cscn2)CC1. The van der Waals surface area contributed by atoms with Crippen LogP contribution in [0.2, 0.25) is 0 Å². The molecule has 0 saturated carbocycles. The van der Waals surface area contributed by atoms with E-state index >= 15 is 0 Å². The van der Waals surface area contributed by atoms with Gasteiger partial charge < -0.3 is 9.80 Å². The number of benzene rings is 1. The summed E-state index contributed by atoms with van der Waals surface area (Å²) in [5.41, 5.74) is 2.70. The topological polar surface area (TPSA) is 36.4 Å². The van der Waals surface area contributed by atoms with Crippen LogP contribution in [0.3, 0.4) is 0 Å². The molecule has 0 aliphatic carbocycles. The molecule has 0 N–H and O–H groups in total. The molecular formula is C16H15N3OS. The molecule has 106 valence electrons. The zero-order valence-corrected chi connectivity index (χ0v) is 12.3. The van der Waals surface area contributed by atoms with Gasteiger partial charge in [-0.3, -0.25) is 4.79 Å². The third kappa shape index (κ3) is 3.41. The van der Waals surface area contributed by atoms with Crippen LogP contribution in [0, 0.1) is 11.8 Å². The highest BCUT2D eigenvalue weighted by Gasteiger charge is 2.20. The molecule has 1 amide bonds. The van der Waals surface area contributed by atoms with E-state index in [4.69, 9.17) is 0 Å². The molecule has 3 rings (SSSR count). The first-order valence-electron chi connectivity index (χ1n) is 6.82. The molecule has 2 aromatic rings. The van der Waals surface area contributed by atoms with Gasteiger partial charge in [0.15, 0.2) is 0 Å². The van der Waals surface area contributed by atoms with E-state index in [1.807, 2.05) is 41.2 Å². The number of rotatable bonds is 1. The summed E-state index contributed by atoms with van der Waals surface area (Å²) in [6, 6.07) is 9.58. The normalized spacial score (nSPS) is 14.5. The molecule has 0 spiro atoms. The summed E-state index contributed by atoms with van der Waals surface area (Å²) < 4.78 is 0. The van der Waals surface area contributed by atoms with Gasteiger partial charge in [0.1, 0.15) is 5.82 Å². The molecule has 0 radical (unpaired) electrons. The van der Waals surface area contributed by atoms with Gasteiger partial charge in [-0.25, -0.2) is 4.98 Å². The van der Waals surface area contributed by atoms with Gasteiger partial charge in [-0.1, -0.05) is 24.1 Å². The average molecular weight is 297 g/mol. The standard InChI is InChI=1S/C16H15N3OS/c20-16(7-6-14-4-2-1-3-5-14)19-10-8-18(9-11-19)15-12-21-13-17-15/h1-5,12-13H,8-11H2. The molecular weight excluding hydrogens is 282 g/mol. The summed E-state index contributed by atoms with van der Waals surface area (Å²) in [5.74, 6) is 6.54. The van der Waals surface area contributed by atoms with E-state index in [9.17, 15) is 4.79 Å². The van der Waals surface area contributed by atoms with Gasteiger partial charge in [0.05, 0.1) is 5.51 Å². The van der Waals surface area contributed by atoms with Gasteiger partial charge >= 0.3 is 0 Å². The zero-order valence-electron chi connectivity index (χ0n) is 11.5. The molecule has 0 unspecified atom stereocenters. The fraction of sp³-hybridized carbons (Fsp3) is 0.250. The first kappa shape index (κ1) is 13.7. The summed E-state index contributed by atoms with van der Waals surface area (Å²) in [7, 11) is 0. The number of carbonyl (C=O) groups is 1. The lowest BCUT2D eigenvalue weighted by Crippen LogP contribution is -2.48. The zero-order chi connectivity index (χ0) is 14.5. The number of piperazine rings is 1. The summed E-state index contributed by atoms with van der Waals surface area (Å²) in [4.78, 5) is 20.4. The maximum Gasteiger partial charge on any atom is 0.298 e. The fourth-order valence-electron chi connectivity index (χ4n) is 2.23. The second-order valence-electron chi connectivity index (χ2n) is 4.74. The van der Waals surface area contributed by atoms with Crippen molar-refractivity contribution in [3.05, 3.63) is 46.8 Å². The smallest absolute Gasteiger partial charge is 0.298 e. The molecule has 1 saturated heterocycles. The number of amides is 1. The van der Waals surface area contributed by atoms with Gasteiger partial charge in [0.25, 0.3) is 5.91 Å². The van der Waals surface area contributed by atoms with Gasteiger partial charge in [-0.05, 0) is 12.1 Å². The number of hydrogen-bond acceptors (Lipinski definition) is 4. The van der Waals surface area contributed by atoms with Crippen LogP contribution in [0.5, 0.6) is 0 Å². The maximum atomic E-state index is 12.1. The number of anilines is 1. The van der Waals surface area contributed by atoms with E-state index in [1.54, 1.807) is 16.2 Å². The minimum absolute atomic E-state index is 0.100. The minimum Gasteiger partial charge on any atom is -0.352 e. The summed E-state index contributed by atoms with van der Waals surface area (Å²) in [6.07, 6.45) is 0. The van der Waals surface area contributed by atoms with Crippen molar-refractivity contribution >= 4 is 23.1 Å². The van der Waals surface area contributed by atoms with Gasteiger partial charge in [0, 0.05) is 43.0 Å². The first-order chi connectivity index (χ1) is 10.3. The Morgan fingerprint density at radius 2 is 1.90 bits per heavy atom. The highest BCUT2D eigenvalue weighted by molar-refractivity contribution is 7.07. The monoisotopic (exact) mass is 297 g/mol. The molecule has 2 heterocycles. The van der Waals surface area contributed by atoms with Crippen molar-refractivity contribution in [3.63, 3.8) is 0 Å². The molecule has 1 aromatic carbocycles. The van der Waals surface area contributed by atoms with Gasteiger partial charge in [-0.2, -0.15) is 0 Å². The molecule has 5 heteroatoms. The number of nitrogens with zero attached hydrogens (tertiary/aromatic N) is 3. The second kappa shape index (κ2) is 6.42. The third-order valence-electron chi connectivity index (χ3n) is 3.40. The first-order valence-corrected chi connectivity index (χ1v) is 7.76. The fourth-order valence-corrected chi connectivity index (χ4v) is 2.79. The van der Waals surface area contributed by atoms with Crippen LogP contribution in [0.15, 0.2) is 41.2 Å². The lowest BCUT2D eigenvalue weighted by molar-refractivity contribution is -0.125. The van der Waals surface area contributed by atoms with Crippen molar-refractivity contribution in [1.82, 2.24) is 9.88 Å². The number of carbonyl (C=O) groups excluding carboxylic acids is 1. The Kier molecular flexibility index (Phi) is 4.17. The maximum absolute atomic E-state index is 12.1. The molecule has 1 fully saturated rings. The van der Waals surface area contributed by atoms with E-state index in [0.717, 1.165) is 24.5 Å². The van der Waals surface area contributed by atoms with Crippen molar-refractivity contribution in [2.75, 3.05) is 31.1 Å². The minimum atomic E-state index is -0.100. The van der Waals surface area contributed by atoms with Crippen molar-refractivity contribution in [2.24, 2.45) is 0 Å². The van der Waals surface area contributed by atoms with Crippen LogP contribution in [-0.4, -0.2) is 42.0 Å². The van der Waals surface area contributed by atoms with Crippen LogP contribution in [0.1, 0.15) is 5.56 Å². The van der Waals surface area contributed by atoms with Gasteiger partial charge in [0.2, 0.25) is 0 Å². The molecule has 1 aliphatic rings. The number of thiazole rings is 1. The Morgan fingerprint density at radius 1 is 1.14 bits per heavy atom. The summed E-state index contributed by atoms with van der Waals surface area (Å²) in [5, 5.41) is 2.03. The largest absolute Gasteiger partial charge is 0.352 e. The Bertz CT molecular complexity index is 650. The van der Waals surface area contributed by atoms with E-state index in [2.05, 4.69) is 21.7 Å². The highest BCUT2D eigenvalue weighted by Crippen LogP contribution is 2.15. The van der Waals surface area contributed by atoms with Crippen molar-refractivity contribution in [2.45, 2.75) is 0 Å². The van der Waals surface area contributed by atoms with Crippen LogP contribution >= 0.6 is 11.3 Å². The number of hydrogen-bond donors (Lipinski definition) is 0. The van der Waals surface area contributed by atoms with Crippen molar-refractivity contribution in [1.29, 1.82) is 0 Å². The Labute approximate surface area is 128 Å². The van der Waals surface area contributed by atoms with Crippen LogP contribution in [0.25, 0.3) is 0 Å². The molecule has 4 nitrogen and oxygen atoms in total. The lowest BCUT2D eigenvalue weighted by atomic mass is 10.2. The van der Waals surface area contributed by atoms with Crippen molar-refractivity contribution < 1.29 is 4.79 Å². The molecule has 0 bridgehead atoms. The Hall–Kier alpha value is -2.32. The molecule has 1 aliphatic heterocycles.